The molecule has 3 aromatic heterocycles. The predicted octanol–water partition coefficient (Wildman–Crippen LogP) is 5.63. The fourth-order valence-electron chi connectivity index (χ4n) is 4.92. The number of amides is 1. The lowest BCUT2D eigenvalue weighted by Gasteiger charge is -2.19. The number of aromatic nitrogens is 5. The number of hydrogen-bond donors (Lipinski definition) is 1. The Labute approximate surface area is 232 Å². The summed E-state index contributed by atoms with van der Waals surface area (Å²) >= 11 is 0. The molecule has 212 valence electrons. The normalized spacial score (nSPS) is 14.4. The van der Waals surface area contributed by atoms with Crippen molar-refractivity contribution in [2.75, 3.05) is 0 Å². The number of pyridine rings is 2. The van der Waals surface area contributed by atoms with E-state index >= 15 is 0 Å². The maximum absolute atomic E-state index is 14.8. The van der Waals surface area contributed by atoms with Gasteiger partial charge in [-0.05, 0) is 56.4 Å². The van der Waals surface area contributed by atoms with Crippen molar-refractivity contribution in [2.45, 2.75) is 44.8 Å². The molecule has 0 aliphatic heterocycles. The third-order valence-corrected chi connectivity index (χ3v) is 7.08. The van der Waals surface area contributed by atoms with Crippen molar-refractivity contribution < 1.29 is 22.4 Å². The minimum atomic E-state index is -4.88. The van der Waals surface area contributed by atoms with Crippen LogP contribution in [0.2, 0.25) is 0 Å². The minimum absolute atomic E-state index is 0.0814. The lowest BCUT2D eigenvalue weighted by Crippen LogP contribution is -2.30. The molecule has 1 aliphatic rings. The number of benzene rings is 1. The van der Waals surface area contributed by atoms with Crippen LogP contribution in [0, 0.1) is 5.82 Å². The zero-order chi connectivity index (χ0) is 29.3. The largest absolute Gasteiger partial charge is 0.419 e. The van der Waals surface area contributed by atoms with Gasteiger partial charge < -0.3 is 5.32 Å². The molecule has 0 unspecified atom stereocenters. The van der Waals surface area contributed by atoms with Crippen LogP contribution in [0.3, 0.4) is 0 Å². The summed E-state index contributed by atoms with van der Waals surface area (Å²) in [7, 11) is 1.72. The van der Waals surface area contributed by atoms with E-state index in [1.54, 1.807) is 30.2 Å². The first-order valence-corrected chi connectivity index (χ1v) is 13.0. The van der Waals surface area contributed by atoms with Gasteiger partial charge in [0.15, 0.2) is 0 Å². The number of alkyl halides is 3. The highest BCUT2D eigenvalue weighted by molar-refractivity contribution is 5.95. The Morgan fingerprint density at radius 3 is 2.61 bits per heavy atom. The van der Waals surface area contributed by atoms with Crippen LogP contribution in [-0.2, 0) is 13.2 Å². The van der Waals surface area contributed by atoms with Gasteiger partial charge >= 0.3 is 6.18 Å². The maximum Gasteiger partial charge on any atom is 0.419 e. The average Bonchev–Trinajstić information content (AvgIpc) is 3.38. The van der Waals surface area contributed by atoms with E-state index in [0.717, 1.165) is 30.9 Å². The van der Waals surface area contributed by atoms with Crippen molar-refractivity contribution in [2.24, 2.45) is 7.05 Å². The summed E-state index contributed by atoms with van der Waals surface area (Å²) in [5, 5.41) is 10.4. The molecule has 12 heteroatoms. The van der Waals surface area contributed by atoms with Gasteiger partial charge in [0, 0.05) is 36.1 Å². The lowest BCUT2D eigenvalue weighted by atomic mass is 9.93. The summed E-state index contributed by atoms with van der Waals surface area (Å²) in [5.74, 6) is -2.13. The fraction of sp³-hybridized carbons (Fsp3) is 0.276. The molecular formula is C29H26F4N6O2. The zero-order valence-corrected chi connectivity index (χ0v) is 22.2. The first kappa shape index (κ1) is 27.9. The van der Waals surface area contributed by atoms with E-state index in [-0.39, 0.29) is 16.7 Å². The summed E-state index contributed by atoms with van der Waals surface area (Å²) in [6, 6.07) is 5.04. The number of halogens is 4. The molecule has 5 rings (SSSR count). The number of carbonyl (C=O) groups excluding carboxylic acids is 1. The fourth-order valence-corrected chi connectivity index (χ4v) is 4.92. The second kappa shape index (κ2) is 11.1. The Kier molecular flexibility index (Phi) is 7.57. The smallest absolute Gasteiger partial charge is 0.345 e. The van der Waals surface area contributed by atoms with Crippen LogP contribution in [0.1, 0.15) is 65.7 Å². The Hall–Kier alpha value is -4.61. The van der Waals surface area contributed by atoms with Crippen molar-refractivity contribution in [3.05, 3.63) is 99.6 Å². The second-order valence-electron chi connectivity index (χ2n) is 9.87. The van der Waals surface area contributed by atoms with Gasteiger partial charge in [0.25, 0.3) is 11.5 Å². The van der Waals surface area contributed by atoms with Gasteiger partial charge in [-0.2, -0.15) is 13.2 Å². The summed E-state index contributed by atoms with van der Waals surface area (Å²) in [6.07, 6.45) is 6.41. The highest BCUT2D eigenvalue weighted by atomic mass is 19.4. The van der Waals surface area contributed by atoms with Crippen molar-refractivity contribution in [1.29, 1.82) is 0 Å². The molecule has 0 bridgehead atoms. The van der Waals surface area contributed by atoms with E-state index < -0.39 is 29.5 Å². The molecule has 1 aromatic carbocycles. The standard InChI is InChI=1S/C29H26F4N6O2/c1-17(22-9-6-10-24(26(22)30)29(31,32)33)36-27(40)20-12-23(18-7-4-3-5-8-18)28(41)39(16-20)21-11-19(13-34-14-21)25-15-35-37-38(25)2/h6-7,9-17H,3-5,8H2,1-2H3,(H,36,40)/t17-/m1/s1. The van der Waals surface area contributed by atoms with Crippen LogP contribution in [0.4, 0.5) is 17.6 Å². The van der Waals surface area contributed by atoms with E-state index in [2.05, 4.69) is 20.6 Å². The summed E-state index contributed by atoms with van der Waals surface area (Å²) in [6.45, 7) is 1.40. The number of aryl methyl sites for hydroxylation is 1. The predicted molar refractivity (Wildman–Crippen MR) is 144 cm³/mol. The molecule has 0 spiro atoms. The van der Waals surface area contributed by atoms with Gasteiger partial charge in [0.1, 0.15) is 5.82 Å². The quantitative estimate of drug-likeness (QED) is 0.305. The number of carbonyl (C=O) groups is 1. The third kappa shape index (κ3) is 5.67. The van der Waals surface area contributed by atoms with Crippen LogP contribution in [0.25, 0.3) is 22.5 Å². The first-order chi connectivity index (χ1) is 19.5. The molecule has 0 saturated heterocycles. The molecule has 0 fully saturated rings. The second-order valence-corrected chi connectivity index (χ2v) is 9.87. The van der Waals surface area contributed by atoms with Gasteiger partial charge in [0.05, 0.1) is 40.9 Å². The van der Waals surface area contributed by atoms with Gasteiger partial charge in [-0.1, -0.05) is 23.4 Å². The zero-order valence-electron chi connectivity index (χ0n) is 22.2. The molecular weight excluding hydrogens is 540 g/mol. The van der Waals surface area contributed by atoms with E-state index in [4.69, 9.17) is 0 Å². The lowest BCUT2D eigenvalue weighted by molar-refractivity contribution is -0.140. The number of rotatable bonds is 6. The monoisotopic (exact) mass is 566 g/mol. The summed E-state index contributed by atoms with van der Waals surface area (Å²) in [4.78, 5) is 31.4. The molecule has 0 radical (unpaired) electrons. The molecule has 41 heavy (non-hydrogen) atoms. The average molecular weight is 567 g/mol. The Balaban J connectivity index is 1.56. The molecule has 4 aromatic rings. The van der Waals surface area contributed by atoms with Crippen LogP contribution < -0.4 is 10.9 Å². The molecule has 1 aliphatic carbocycles. The van der Waals surface area contributed by atoms with Crippen LogP contribution in [0.15, 0.2) is 66.0 Å². The van der Waals surface area contributed by atoms with Gasteiger partial charge in [-0.3, -0.25) is 19.1 Å². The SMILES string of the molecule is C[C@@H](NC(=O)c1cc(C2=CCCCC2)c(=O)n(-c2cncc(-c3cnnn3C)c2)c1)c1cccc(C(F)(F)F)c1F. The number of allylic oxidation sites excluding steroid dienone is 2. The maximum atomic E-state index is 14.8. The van der Waals surface area contributed by atoms with E-state index in [0.29, 0.717) is 35.0 Å². The van der Waals surface area contributed by atoms with Gasteiger partial charge in [0.2, 0.25) is 0 Å². The number of hydrogen-bond acceptors (Lipinski definition) is 5. The Morgan fingerprint density at radius 2 is 1.93 bits per heavy atom. The van der Waals surface area contributed by atoms with Gasteiger partial charge in [-0.15, -0.1) is 5.10 Å². The topological polar surface area (TPSA) is 94.7 Å². The number of nitrogens with one attached hydrogen (secondary N) is 1. The molecule has 8 nitrogen and oxygen atoms in total. The van der Waals surface area contributed by atoms with Gasteiger partial charge in [-0.25, -0.2) is 9.07 Å². The first-order valence-electron chi connectivity index (χ1n) is 13.0. The molecule has 1 N–H and O–H groups in total. The highest BCUT2D eigenvalue weighted by Gasteiger charge is 2.35. The van der Waals surface area contributed by atoms with Crippen molar-refractivity contribution >= 4 is 11.5 Å². The van der Waals surface area contributed by atoms with Crippen LogP contribution in [-0.4, -0.2) is 30.5 Å². The Bertz CT molecular complexity index is 1710. The molecule has 1 amide bonds. The summed E-state index contributed by atoms with van der Waals surface area (Å²) in [5.41, 5.74) is 0.844. The van der Waals surface area contributed by atoms with E-state index in [9.17, 15) is 27.2 Å². The third-order valence-electron chi connectivity index (χ3n) is 7.08. The van der Waals surface area contributed by atoms with Crippen molar-refractivity contribution in [3.8, 4) is 16.9 Å². The molecule has 1 atom stereocenters. The molecule has 3 heterocycles. The Morgan fingerprint density at radius 1 is 1.12 bits per heavy atom. The van der Waals surface area contributed by atoms with E-state index in [1.807, 2.05) is 6.08 Å². The van der Waals surface area contributed by atoms with Crippen LogP contribution in [0.5, 0.6) is 0 Å². The number of nitrogens with zero attached hydrogens (tertiary/aromatic N) is 5. The minimum Gasteiger partial charge on any atom is -0.345 e. The van der Waals surface area contributed by atoms with Crippen molar-refractivity contribution in [1.82, 2.24) is 29.9 Å². The van der Waals surface area contributed by atoms with E-state index in [1.165, 1.54) is 36.0 Å². The molecule has 0 saturated carbocycles. The van der Waals surface area contributed by atoms with Crippen LogP contribution >= 0.6 is 0 Å². The highest BCUT2D eigenvalue weighted by Crippen LogP contribution is 2.34. The van der Waals surface area contributed by atoms with Crippen molar-refractivity contribution in [3.63, 3.8) is 0 Å². The summed E-state index contributed by atoms with van der Waals surface area (Å²) < 4.78 is 57.4.